The Bertz CT molecular complexity index is 1320. The lowest BCUT2D eigenvalue weighted by atomic mass is 9.88. The molecule has 2 aromatic heterocycles. The maximum Gasteiger partial charge on any atom is 0.233 e. The monoisotopic (exact) mass is 449 g/mol. The number of nitrogens with one attached hydrogen (secondary N) is 2. The fourth-order valence-electron chi connectivity index (χ4n) is 4.29. The lowest BCUT2D eigenvalue weighted by Crippen LogP contribution is -2.38. The van der Waals surface area contributed by atoms with Gasteiger partial charge in [0.2, 0.25) is 5.91 Å². The van der Waals surface area contributed by atoms with E-state index < -0.39 is 5.92 Å². The molecular formula is C24H21ClFN5O. The van der Waals surface area contributed by atoms with Crippen molar-refractivity contribution in [3.8, 4) is 0 Å². The number of amides is 1. The highest BCUT2D eigenvalue weighted by Gasteiger charge is 2.31. The fourth-order valence-corrected chi connectivity index (χ4v) is 4.47. The summed E-state index contributed by atoms with van der Waals surface area (Å²) in [5, 5.41) is 4.93. The van der Waals surface area contributed by atoms with Gasteiger partial charge in [-0.1, -0.05) is 17.7 Å². The van der Waals surface area contributed by atoms with Gasteiger partial charge in [0.05, 0.1) is 17.8 Å². The SMILES string of the molecule is Cc1ncc(CN2Cc3ccc(Cl)cc3C(C(=O)Nc3cncc4ccc(F)cc34)C2)[nH]1. The number of aromatic nitrogens is 3. The first kappa shape index (κ1) is 20.6. The van der Waals surface area contributed by atoms with Gasteiger partial charge in [0.25, 0.3) is 0 Å². The number of aryl methyl sites for hydroxylation is 1. The molecule has 0 fully saturated rings. The Kier molecular flexibility index (Phi) is 5.36. The smallest absolute Gasteiger partial charge is 0.233 e. The molecule has 6 nitrogen and oxygen atoms in total. The van der Waals surface area contributed by atoms with Crippen LogP contribution in [0.15, 0.2) is 55.0 Å². The third-order valence-electron chi connectivity index (χ3n) is 5.76. The number of fused-ring (bicyclic) bond motifs is 2. The van der Waals surface area contributed by atoms with Crippen molar-refractivity contribution in [2.75, 3.05) is 11.9 Å². The topological polar surface area (TPSA) is 73.9 Å². The summed E-state index contributed by atoms with van der Waals surface area (Å²) in [6.45, 7) is 3.78. The molecule has 1 amide bonds. The summed E-state index contributed by atoms with van der Waals surface area (Å²) < 4.78 is 13.8. The number of pyridine rings is 1. The van der Waals surface area contributed by atoms with Gasteiger partial charge in [0.1, 0.15) is 11.6 Å². The van der Waals surface area contributed by atoms with Gasteiger partial charge >= 0.3 is 0 Å². The van der Waals surface area contributed by atoms with Crippen LogP contribution < -0.4 is 5.32 Å². The number of anilines is 1. The van der Waals surface area contributed by atoms with Gasteiger partial charge < -0.3 is 10.3 Å². The molecule has 4 aromatic rings. The van der Waals surface area contributed by atoms with Crippen LogP contribution in [0.5, 0.6) is 0 Å². The zero-order chi connectivity index (χ0) is 22.2. The molecule has 162 valence electrons. The van der Waals surface area contributed by atoms with E-state index in [9.17, 15) is 9.18 Å². The van der Waals surface area contributed by atoms with Gasteiger partial charge in [-0.15, -0.1) is 0 Å². The molecular weight excluding hydrogens is 429 g/mol. The molecule has 0 spiro atoms. The zero-order valence-corrected chi connectivity index (χ0v) is 18.2. The molecule has 2 aromatic carbocycles. The highest BCUT2D eigenvalue weighted by molar-refractivity contribution is 6.30. The van der Waals surface area contributed by atoms with Crippen molar-refractivity contribution >= 4 is 34.0 Å². The standard InChI is InChI=1S/C24H21ClFN5O/c1-14-28-9-19(29-14)12-31-11-16-2-4-17(25)6-20(16)22(13-31)24(32)30-23-10-27-8-15-3-5-18(26)7-21(15)23/h2-10,22H,11-13H2,1H3,(H,28,29)(H,30,32). The summed E-state index contributed by atoms with van der Waals surface area (Å²) >= 11 is 6.26. The summed E-state index contributed by atoms with van der Waals surface area (Å²) in [5.41, 5.74) is 3.44. The molecule has 0 saturated heterocycles. The number of carbonyl (C=O) groups excluding carboxylic acids is 1. The molecule has 3 heterocycles. The summed E-state index contributed by atoms with van der Waals surface area (Å²) in [6.07, 6.45) is 5.01. The molecule has 1 atom stereocenters. The van der Waals surface area contributed by atoms with E-state index >= 15 is 0 Å². The van der Waals surface area contributed by atoms with Gasteiger partial charge in [-0.25, -0.2) is 9.37 Å². The predicted octanol–water partition coefficient (Wildman–Crippen LogP) is 4.80. The second-order valence-electron chi connectivity index (χ2n) is 8.10. The predicted molar refractivity (Wildman–Crippen MR) is 122 cm³/mol. The van der Waals surface area contributed by atoms with Crippen molar-refractivity contribution in [3.05, 3.63) is 88.5 Å². The van der Waals surface area contributed by atoms with Crippen molar-refractivity contribution in [2.45, 2.75) is 25.9 Å². The summed E-state index contributed by atoms with van der Waals surface area (Å²) in [4.78, 5) is 27.4. The van der Waals surface area contributed by atoms with Crippen molar-refractivity contribution in [1.82, 2.24) is 19.9 Å². The minimum absolute atomic E-state index is 0.183. The molecule has 5 rings (SSSR count). The molecule has 32 heavy (non-hydrogen) atoms. The van der Waals surface area contributed by atoms with E-state index in [0.717, 1.165) is 28.0 Å². The second-order valence-corrected chi connectivity index (χ2v) is 8.54. The number of hydrogen-bond acceptors (Lipinski definition) is 4. The normalized spacial score (nSPS) is 16.2. The second kappa shape index (κ2) is 8.33. The number of hydrogen-bond donors (Lipinski definition) is 2. The van der Waals surface area contributed by atoms with Crippen LogP contribution in [0.25, 0.3) is 10.8 Å². The van der Waals surface area contributed by atoms with Crippen LogP contribution in [-0.2, 0) is 17.9 Å². The molecule has 0 saturated carbocycles. The first-order valence-electron chi connectivity index (χ1n) is 10.3. The van der Waals surface area contributed by atoms with Crippen LogP contribution in [0.4, 0.5) is 10.1 Å². The van der Waals surface area contributed by atoms with Crippen LogP contribution in [0.3, 0.4) is 0 Å². The Balaban J connectivity index is 1.46. The number of benzene rings is 2. The molecule has 1 aliphatic rings. The van der Waals surface area contributed by atoms with Crippen molar-refractivity contribution in [2.24, 2.45) is 0 Å². The van der Waals surface area contributed by atoms with Crippen molar-refractivity contribution in [1.29, 1.82) is 0 Å². The summed E-state index contributed by atoms with van der Waals surface area (Å²) in [6, 6.07) is 10.1. The Morgan fingerprint density at radius 1 is 1.25 bits per heavy atom. The van der Waals surface area contributed by atoms with Crippen molar-refractivity contribution in [3.63, 3.8) is 0 Å². The van der Waals surface area contributed by atoms with Gasteiger partial charge in [-0.2, -0.15) is 0 Å². The minimum atomic E-state index is -0.440. The number of rotatable bonds is 4. The average molecular weight is 450 g/mol. The molecule has 1 aliphatic heterocycles. The molecule has 1 unspecified atom stereocenters. The largest absolute Gasteiger partial charge is 0.345 e. The quantitative estimate of drug-likeness (QED) is 0.469. The third-order valence-corrected chi connectivity index (χ3v) is 6.00. The summed E-state index contributed by atoms with van der Waals surface area (Å²) in [5.74, 6) is -0.132. The van der Waals surface area contributed by atoms with E-state index in [1.807, 2.05) is 31.3 Å². The van der Waals surface area contributed by atoms with Gasteiger partial charge in [-0.05, 0) is 48.4 Å². The minimum Gasteiger partial charge on any atom is -0.345 e. The zero-order valence-electron chi connectivity index (χ0n) is 17.4. The van der Waals surface area contributed by atoms with Crippen LogP contribution in [-0.4, -0.2) is 32.3 Å². The average Bonchev–Trinajstić information content (AvgIpc) is 3.18. The van der Waals surface area contributed by atoms with Crippen LogP contribution in [0.1, 0.15) is 28.6 Å². The number of H-pyrrole nitrogens is 1. The molecule has 0 bridgehead atoms. The van der Waals surface area contributed by atoms with Gasteiger partial charge in [-0.3, -0.25) is 14.7 Å². The Morgan fingerprint density at radius 2 is 2.12 bits per heavy atom. The lowest BCUT2D eigenvalue weighted by molar-refractivity contribution is -0.118. The first-order valence-corrected chi connectivity index (χ1v) is 10.7. The number of halogens is 2. The Labute approximate surface area is 189 Å². The van der Waals surface area contributed by atoms with Gasteiger partial charge in [0, 0.05) is 53.5 Å². The van der Waals surface area contributed by atoms with E-state index in [0.29, 0.717) is 35.7 Å². The van der Waals surface area contributed by atoms with Crippen LogP contribution >= 0.6 is 11.6 Å². The maximum absolute atomic E-state index is 13.8. The van der Waals surface area contributed by atoms with E-state index in [2.05, 4.69) is 25.2 Å². The van der Waals surface area contributed by atoms with E-state index in [1.165, 1.54) is 12.1 Å². The van der Waals surface area contributed by atoms with E-state index in [1.54, 1.807) is 18.5 Å². The Hall–Kier alpha value is -3.29. The van der Waals surface area contributed by atoms with Crippen LogP contribution in [0, 0.1) is 12.7 Å². The lowest BCUT2D eigenvalue weighted by Gasteiger charge is -2.34. The molecule has 8 heteroatoms. The van der Waals surface area contributed by atoms with Gasteiger partial charge in [0.15, 0.2) is 0 Å². The highest BCUT2D eigenvalue weighted by atomic mass is 35.5. The fraction of sp³-hybridized carbons (Fsp3) is 0.208. The first-order chi connectivity index (χ1) is 15.5. The summed E-state index contributed by atoms with van der Waals surface area (Å²) in [7, 11) is 0. The third kappa shape index (κ3) is 4.09. The number of imidazole rings is 1. The Morgan fingerprint density at radius 3 is 2.94 bits per heavy atom. The van der Waals surface area contributed by atoms with E-state index in [4.69, 9.17) is 11.6 Å². The van der Waals surface area contributed by atoms with Crippen LogP contribution in [0.2, 0.25) is 5.02 Å². The van der Waals surface area contributed by atoms with E-state index in [-0.39, 0.29) is 11.7 Å². The number of nitrogens with zero attached hydrogens (tertiary/aromatic N) is 3. The molecule has 0 radical (unpaired) electrons. The maximum atomic E-state index is 13.8. The highest BCUT2D eigenvalue weighted by Crippen LogP contribution is 2.33. The molecule has 2 N–H and O–H groups in total. The molecule has 0 aliphatic carbocycles. The number of carbonyl (C=O) groups is 1. The van der Waals surface area contributed by atoms with Crippen molar-refractivity contribution < 1.29 is 9.18 Å². The number of aromatic amines is 1.